The average Bonchev–Trinajstić information content (AvgIpc) is 2.89. The molecule has 0 bridgehead atoms. The highest BCUT2D eigenvalue weighted by Crippen LogP contribution is 2.26. The van der Waals surface area contributed by atoms with Gasteiger partial charge in [0.2, 0.25) is 21.8 Å². The molecule has 1 saturated carbocycles. The van der Waals surface area contributed by atoms with Crippen molar-refractivity contribution in [3.8, 4) is 0 Å². The number of hydrogen-bond donors (Lipinski definition) is 1. The van der Waals surface area contributed by atoms with E-state index in [2.05, 4.69) is 5.32 Å². The first-order valence-corrected chi connectivity index (χ1v) is 16.1. The molecule has 0 aliphatic heterocycles. The van der Waals surface area contributed by atoms with Gasteiger partial charge in [-0.3, -0.25) is 13.9 Å². The monoisotopic (exact) mass is 555 g/mol. The Morgan fingerprint density at radius 2 is 1.64 bits per heavy atom. The molecular weight excluding hydrogens is 510 g/mol. The van der Waals surface area contributed by atoms with Crippen molar-refractivity contribution in [2.45, 2.75) is 97.7 Å². The summed E-state index contributed by atoms with van der Waals surface area (Å²) in [5, 5.41) is 3.21. The highest BCUT2D eigenvalue weighted by molar-refractivity contribution is 7.92. The predicted molar refractivity (Wildman–Crippen MR) is 158 cm³/mol. The Morgan fingerprint density at radius 1 is 0.974 bits per heavy atom. The Hall–Kier alpha value is -2.87. The van der Waals surface area contributed by atoms with E-state index in [9.17, 15) is 18.0 Å². The van der Waals surface area contributed by atoms with E-state index in [0.29, 0.717) is 25.1 Å². The van der Waals surface area contributed by atoms with Crippen LogP contribution in [0, 0.1) is 20.8 Å². The fourth-order valence-corrected chi connectivity index (χ4v) is 6.44. The molecule has 8 heteroatoms. The van der Waals surface area contributed by atoms with Crippen LogP contribution in [0.15, 0.2) is 42.5 Å². The first kappa shape index (κ1) is 30.7. The van der Waals surface area contributed by atoms with Crippen molar-refractivity contribution in [2.24, 2.45) is 0 Å². The molecule has 1 aliphatic rings. The van der Waals surface area contributed by atoms with Crippen molar-refractivity contribution in [1.29, 1.82) is 0 Å². The zero-order valence-corrected chi connectivity index (χ0v) is 25.0. The largest absolute Gasteiger partial charge is 0.352 e. The minimum Gasteiger partial charge on any atom is -0.352 e. The molecule has 2 aromatic carbocycles. The lowest BCUT2D eigenvalue weighted by atomic mass is 9.95. The van der Waals surface area contributed by atoms with Crippen molar-refractivity contribution in [3.63, 3.8) is 0 Å². The third kappa shape index (κ3) is 8.31. The van der Waals surface area contributed by atoms with Gasteiger partial charge in [-0.05, 0) is 74.8 Å². The highest BCUT2D eigenvalue weighted by atomic mass is 32.2. The Kier molecular flexibility index (Phi) is 11.0. The fourth-order valence-electron chi connectivity index (χ4n) is 5.42. The predicted octanol–water partition coefficient (Wildman–Crippen LogP) is 5.41. The van der Waals surface area contributed by atoms with Crippen LogP contribution in [0.3, 0.4) is 0 Å². The van der Waals surface area contributed by atoms with E-state index in [1.54, 1.807) is 11.0 Å². The van der Waals surface area contributed by atoms with Crippen molar-refractivity contribution < 1.29 is 18.0 Å². The number of rotatable bonds is 12. The molecule has 0 unspecified atom stereocenters. The molecule has 7 nitrogen and oxygen atoms in total. The van der Waals surface area contributed by atoms with Crippen LogP contribution in [0.1, 0.15) is 80.5 Å². The quantitative estimate of drug-likeness (QED) is 0.379. The minimum atomic E-state index is -3.54. The van der Waals surface area contributed by atoms with E-state index >= 15 is 0 Å². The van der Waals surface area contributed by atoms with Gasteiger partial charge in [-0.15, -0.1) is 0 Å². The van der Waals surface area contributed by atoms with Gasteiger partial charge in [-0.2, -0.15) is 0 Å². The van der Waals surface area contributed by atoms with Gasteiger partial charge < -0.3 is 10.2 Å². The normalized spacial score (nSPS) is 15.0. The van der Waals surface area contributed by atoms with E-state index < -0.39 is 16.1 Å². The van der Waals surface area contributed by atoms with Crippen molar-refractivity contribution >= 4 is 27.5 Å². The third-order valence-electron chi connectivity index (χ3n) is 7.94. The summed E-state index contributed by atoms with van der Waals surface area (Å²) in [6.07, 6.45) is 7.60. The van der Waals surface area contributed by atoms with Gasteiger partial charge in [-0.1, -0.05) is 62.6 Å². The van der Waals surface area contributed by atoms with Crippen molar-refractivity contribution in [2.75, 3.05) is 17.1 Å². The van der Waals surface area contributed by atoms with E-state index in [-0.39, 0.29) is 30.8 Å². The van der Waals surface area contributed by atoms with Gasteiger partial charge in [0.15, 0.2) is 0 Å². The Bertz CT molecular complexity index is 1240. The smallest absolute Gasteiger partial charge is 0.243 e. The summed E-state index contributed by atoms with van der Waals surface area (Å²) in [7, 11) is -3.54. The topological polar surface area (TPSA) is 86.8 Å². The van der Waals surface area contributed by atoms with Gasteiger partial charge in [0.25, 0.3) is 0 Å². The lowest BCUT2D eigenvalue weighted by Gasteiger charge is -2.33. The summed E-state index contributed by atoms with van der Waals surface area (Å²) < 4.78 is 26.8. The molecule has 0 saturated heterocycles. The van der Waals surface area contributed by atoms with Crippen LogP contribution < -0.4 is 9.62 Å². The molecule has 2 amide bonds. The second kappa shape index (κ2) is 14.0. The van der Waals surface area contributed by atoms with E-state index in [4.69, 9.17) is 0 Å². The second-order valence-corrected chi connectivity index (χ2v) is 12.8. The number of carbonyl (C=O) groups excluding carboxylic acids is 2. The Balaban J connectivity index is 1.79. The van der Waals surface area contributed by atoms with E-state index in [0.717, 1.165) is 47.9 Å². The van der Waals surface area contributed by atoms with Crippen LogP contribution in [0.25, 0.3) is 0 Å². The summed E-state index contributed by atoms with van der Waals surface area (Å²) in [5.41, 5.74) is 4.62. The van der Waals surface area contributed by atoms with E-state index in [1.165, 1.54) is 17.0 Å². The van der Waals surface area contributed by atoms with Crippen LogP contribution >= 0.6 is 0 Å². The second-order valence-electron chi connectivity index (χ2n) is 10.9. The maximum atomic E-state index is 13.7. The lowest BCUT2D eigenvalue weighted by molar-refractivity contribution is -0.141. The summed E-state index contributed by atoms with van der Waals surface area (Å²) in [4.78, 5) is 28.9. The molecule has 2 aromatic rings. The average molecular weight is 556 g/mol. The summed E-state index contributed by atoms with van der Waals surface area (Å²) >= 11 is 0. The molecule has 1 N–H and O–H groups in total. The number of amides is 2. The number of anilines is 1. The Labute approximate surface area is 235 Å². The van der Waals surface area contributed by atoms with E-state index in [1.807, 2.05) is 64.1 Å². The molecule has 214 valence electrons. The molecule has 0 spiro atoms. The van der Waals surface area contributed by atoms with Crippen LogP contribution in [0.4, 0.5) is 5.69 Å². The number of carbonyl (C=O) groups is 2. The van der Waals surface area contributed by atoms with Gasteiger partial charge >= 0.3 is 0 Å². The highest BCUT2D eigenvalue weighted by Gasteiger charge is 2.31. The summed E-state index contributed by atoms with van der Waals surface area (Å²) in [5.74, 6) is -0.238. The van der Waals surface area contributed by atoms with Crippen LogP contribution in [-0.2, 0) is 26.2 Å². The zero-order chi connectivity index (χ0) is 28.6. The first-order valence-electron chi connectivity index (χ1n) is 14.2. The molecule has 0 heterocycles. The fraction of sp³-hybridized carbons (Fsp3) is 0.548. The molecule has 39 heavy (non-hydrogen) atoms. The lowest BCUT2D eigenvalue weighted by Crippen LogP contribution is -2.51. The number of nitrogens with zero attached hydrogens (tertiary/aromatic N) is 2. The molecule has 0 aromatic heterocycles. The zero-order valence-electron chi connectivity index (χ0n) is 24.2. The summed E-state index contributed by atoms with van der Waals surface area (Å²) in [6, 6.07) is 13.1. The molecule has 3 rings (SSSR count). The van der Waals surface area contributed by atoms with Gasteiger partial charge in [-0.25, -0.2) is 8.42 Å². The Morgan fingerprint density at radius 3 is 2.28 bits per heavy atom. The molecule has 1 aliphatic carbocycles. The molecule has 1 atom stereocenters. The van der Waals surface area contributed by atoms with Crippen LogP contribution in [0.5, 0.6) is 0 Å². The molecule has 1 fully saturated rings. The maximum Gasteiger partial charge on any atom is 0.243 e. The minimum absolute atomic E-state index is 0.0977. The third-order valence-corrected chi connectivity index (χ3v) is 9.12. The molecular formula is C31H45N3O4S. The van der Waals surface area contributed by atoms with Crippen molar-refractivity contribution in [3.05, 3.63) is 64.7 Å². The van der Waals surface area contributed by atoms with Crippen molar-refractivity contribution in [1.82, 2.24) is 10.2 Å². The number of sulfonamides is 1. The van der Waals surface area contributed by atoms with Gasteiger partial charge in [0.1, 0.15) is 6.04 Å². The van der Waals surface area contributed by atoms with Gasteiger partial charge in [0, 0.05) is 25.6 Å². The number of nitrogens with one attached hydrogen (secondary N) is 1. The maximum absolute atomic E-state index is 13.7. The number of hydrogen-bond acceptors (Lipinski definition) is 4. The summed E-state index contributed by atoms with van der Waals surface area (Å²) in [6.45, 7) is 8.35. The number of aryl methyl sites for hydroxylation is 2. The SMILES string of the molecule is CC[C@@H](C(=O)NC1CCCCC1)N(Cc1ccccc1C)C(=O)CCCN(c1cccc(C)c1C)S(C)(=O)=O. The van der Waals surface area contributed by atoms with Gasteiger partial charge in [0.05, 0.1) is 11.9 Å². The standard InChI is InChI=1S/C31H45N3O4S/c1-6-28(31(36)32-27-17-8-7-9-18-27)33(22-26-16-11-10-14-24(26)3)30(35)20-13-21-34(39(5,37)38)29-19-12-15-23(2)25(29)4/h10-12,14-16,19,27-28H,6-9,13,17-18,20-22H2,1-5H3,(H,32,36)/t28-/m0/s1. The number of benzene rings is 2. The van der Waals surface area contributed by atoms with Crippen LogP contribution in [-0.4, -0.2) is 50.0 Å². The first-order chi connectivity index (χ1) is 18.5. The molecule has 0 radical (unpaired) electrons. The van der Waals surface area contributed by atoms with Crippen LogP contribution in [0.2, 0.25) is 0 Å².